The molecule has 0 aliphatic heterocycles. The lowest BCUT2D eigenvalue weighted by molar-refractivity contribution is -0.141. The highest BCUT2D eigenvalue weighted by atomic mass is 19.1. The Labute approximate surface area is 220 Å². The second kappa shape index (κ2) is 13.7. The minimum absolute atomic E-state index is 0.0992. The normalized spacial score (nSPS) is 12.0. The molecule has 0 unspecified atom stereocenters. The Bertz CT molecular complexity index is 1130. The van der Waals surface area contributed by atoms with Crippen LogP contribution in [0.2, 0.25) is 0 Å². The van der Waals surface area contributed by atoms with E-state index in [0.717, 1.165) is 16.7 Å². The van der Waals surface area contributed by atoms with Gasteiger partial charge >= 0.3 is 0 Å². The summed E-state index contributed by atoms with van der Waals surface area (Å²) in [7, 11) is 0. The number of hydrogen-bond acceptors (Lipinski definition) is 2. The maximum Gasteiger partial charge on any atom is 0.243 e. The van der Waals surface area contributed by atoms with Crippen molar-refractivity contribution >= 4 is 11.8 Å². The summed E-state index contributed by atoms with van der Waals surface area (Å²) in [6.45, 7) is 9.16. The predicted molar refractivity (Wildman–Crippen MR) is 148 cm³/mol. The van der Waals surface area contributed by atoms with E-state index in [2.05, 4.69) is 43.4 Å². The summed E-state index contributed by atoms with van der Waals surface area (Å²) in [6.07, 6.45) is 1.27. The van der Waals surface area contributed by atoms with Crippen LogP contribution in [0, 0.1) is 11.7 Å². The molecule has 0 heterocycles. The van der Waals surface area contributed by atoms with E-state index >= 15 is 0 Å². The monoisotopic (exact) mass is 502 g/mol. The molecule has 3 aromatic carbocycles. The first kappa shape index (κ1) is 28.1. The second-order valence-electron chi connectivity index (χ2n) is 10.4. The quantitative estimate of drug-likeness (QED) is 0.316. The molecule has 1 atom stereocenters. The fourth-order valence-electron chi connectivity index (χ4n) is 4.23. The molecule has 0 aliphatic rings. The first-order valence-electron chi connectivity index (χ1n) is 13.2. The number of halogens is 1. The van der Waals surface area contributed by atoms with E-state index in [1.165, 1.54) is 17.7 Å². The molecule has 3 aromatic rings. The van der Waals surface area contributed by atoms with Gasteiger partial charge in [-0.05, 0) is 52.6 Å². The molecular weight excluding hydrogens is 463 g/mol. The van der Waals surface area contributed by atoms with E-state index in [-0.39, 0.29) is 36.5 Å². The number of benzene rings is 3. The van der Waals surface area contributed by atoms with Crippen LogP contribution < -0.4 is 5.32 Å². The van der Waals surface area contributed by atoms with E-state index in [1.807, 2.05) is 44.2 Å². The highest BCUT2D eigenvalue weighted by Crippen LogP contribution is 2.19. The van der Waals surface area contributed by atoms with Gasteiger partial charge in [0.25, 0.3) is 0 Å². The Balaban J connectivity index is 1.86. The van der Waals surface area contributed by atoms with Gasteiger partial charge in [-0.2, -0.15) is 0 Å². The average molecular weight is 503 g/mol. The fraction of sp³-hybridized carbons (Fsp3) is 0.375. The third kappa shape index (κ3) is 8.85. The first-order chi connectivity index (χ1) is 17.7. The smallest absolute Gasteiger partial charge is 0.243 e. The van der Waals surface area contributed by atoms with Crippen LogP contribution in [0.3, 0.4) is 0 Å². The Morgan fingerprint density at radius 3 is 2.03 bits per heavy atom. The summed E-state index contributed by atoms with van der Waals surface area (Å²) in [5, 5.41) is 3.03. The van der Waals surface area contributed by atoms with Crippen LogP contribution in [-0.4, -0.2) is 29.3 Å². The third-order valence-corrected chi connectivity index (χ3v) is 6.50. The van der Waals surface area contributed by atoms with Gasteiger partial charge in [-0.3, -0.25) is 9.59 Å². The van der Waals surface area contributed by atoms with Crippen molar-refractivity contribution in [3.63, 3.8) is 0 Å². The fourth-order valence-corrected chi connectivity index (χ4v) is 4.23. The van der Waals surface area contributed by atoms with E-state index in [1.54, 1.807) is 17.0 Å². The van der Waals surface area contributed by atoms with Crippen LogP contribution in [0.5, 0.6) is 0 Å². The van der Waals surface area contributed by atoms with Crippen molar-refractivity contribution < 1.29 is 14.0 Å². The molecule has 37 heavy (non-hydrogen) atoms. The molecule has 0 aliphatic carbocycles. The molecular formula is C32H39FN2O2. The van der Waals surface area contributed by atoms with Crippen LogP contribution in [0.15, 0.2) is 78.9 Å². The number of nitrogens with one attached hydrogen (secondary N) is 1. The standard InChI is InChI=1S/C32H39FN2O2/c1-23(2)21-34-32(37)30(20-26-8-6-5-7-9-26)35(22-27-12-17-29(33)18-13-27)31(36)19-14-25-10-15-28(16-11-25)24(3)4/h5-13,15-18,23-24,30H,14,19-22H2,1-4H3,(H,34,37)/t30-/m0/s1. The van der Waals surface area contributed by atoms with Crippen molar-refractivity contribution in [1.29, 1.82) is 0 Å². The molecule has 4 nitrogen and oxygen atoms in total. The zero-order valence-corrected chi connectivity index (χ0v) is 22.4. The lowest BCUT2D eigenvalue weighted by Crippen LogP contribution is -2.51. The largest absolute Gasteiger partial charge is 0.354 e. The van der Waals surface area contributed by atoms with Gasteiger partial charge in [0.2, 0.25) is 11.8 Å². The van der Waals surface area contributed by atoms with Gasteiger partial charge < -0.3 is 10.2 Å². The molecule has 0 saturated carbocycles. The van der Waals surface area contributed by atoms with Crippen LogP contribution in [0.1, 0.15) is 62.3 Å². The molecule has 3 rings (SSSR count). The molecule has 0 radical (unpaired) electrons. The summed E-state index contributed by atoms with van der Waals surface area (Å²) in [5.41, 5.74) is 4.11. The van der Waals surface area contributed by atoms with E-state index in [9.17, 15) is 14.0 Å². The number of nitrogens with zero attached hydrogens (tertiary/aromatic N) is 1. The van der Waals surface area contributed by atoms with Gasteiger partial charge in [0, 0.05) is 25.9 Å². The van der Waals surface area contributed by atoms with Crippen molar-refractivity contribution in [2.24, 2.45) is 5.92 Å². The Morgan fingerprint density at radius 1 is 0.811 bits per heavy atom. The van der Waals surface area contributed by atoms with E-state index in [4.69, 9.17) is 0 Å². The number of rotatable bonds is 12. The summed E-state index contributed by atoms with van der Waals surface area (Å²) in [6, 6.07) is 23.6. The minimum atomic E-state index is -0.679. The van der Waals surface area contributed by atoms with Gasteiger partial charge in [0.15, 0.2) is 0 Å². The van der Waals surface area contributed by atoms with Gasteiger partial charge in [-0.15, -0.1) is 0 Å². The zero-order valence-electron chi connectivity index (χ0n) is 22.4. The average Bonchev–Trinajstić information content (AvgIpc) is 2.89. The maximum absolute atomic E-state index is 13.7. The van der Waals surface area contributed by atoms with E-state index in [0.29, 0.717) is 25.3 Å². The lowest BCUT2D eigenvalue weighted by Gasteiger charge is -2.32. The lowest BCUT2D eigenvalue weighted by atomic mass is 9.99. The first-order valence-corrected chi connectivity index (χ1v) is 13.2. The number of carbonyl (C=O) groups is 2. The molecule has 1 N–H and O–H groups in total. The Hall–Kier alpha value is -3.47. The van der Waals surface area contributed by atoms with Gasteiger partial charge in [0.1, 0.15) is 11.9 Å². The molecule has 196 valence electrons. The Kier molecular flexibility index (Phi) is 10.4. The van der Waals surface area contributed by atoms with Crippen molar-refractivity contribution in [1.82, 2.24) is 10.2 Å². The second-order valence-corrected chi connectivity index (χ2v) is 10.4. The molecule has 0 bridgehead atoms. The Morgan fingerprint density at radius 2 is 1.43 bits per heavy atom. The highest BCUT2D eigenvalue weighted by Gasteiger charge is 2.30. The minimum Gasteiger partial charge on any atom is -0.354 e. The molecule has 0 aromatic heterocycles. The van der Waals surface area contributed by atoms with Gasteiger partial charge in [0.05, 0.1) is 0 Å². The zero-order chi connectivity index (χ0) is 26.8. The molecule has 5 heteroatoms. The van der Waals surface area contributed by atoms with Crippen LogP contribution in [0.4, 0.5) is 4.39 Å². The highest BCUT2D eigenvalue weighted by molar-refractivity contribution is 5.88. The molecule has 2 amide bonds. The van der Waals surface area contributed by atoms with E-state index < -0.39 is 6.04 Å². The summed E-state index contributed by atoms with van der Waals surface area (Å²) in [5.74, 6) is 0.135. The van der Waals surface area contributed by atoms with Crippen LogP contribution in [-0.2, 0) is 29.0 Å². The summed E-state index contributed by atoms with van der Waals surface area (Å²) in [4.78, 5) is 28.8. The SMILES string of the molecule is CC(C)CNC(=O)[C@H](Cc1ccccc1)N(Cc1ccc(F)cc1)C(=O)CCc1ccc(C(C)C)cc1. The topological polar surface area (TPSA) is 49.4 Å². The van der Waals surface area contributed by atoms with Crippen molar-refractivity contribution in [2.75, 3.05) is 6.54 Å². The summed E-state index contributed by atoms with van der Waals surface area (Å²) >= 11 is 0. The molecule has 0 spiro atoms. The third-order valence-electron chi connectivity index (χ3n) is 6.50. The summed E-state index contributed by atoms with van der Waals surface area (Å²) < 4.78 is 13.6. The van der Waals surface area contributed by atoms with Gasteiger partial charge in [-0.1, -0.05) is 94.4 Å². The number of aryl methyl sites for hydroxylation is 1. The number of amides is 2. The van der Waals surface area contributed by atoms with Crippen LogP contribution >= 0.6 is 0 Å². The number of hydrogen-bond donors (Lipinski definition) is 1. The number of carbonyl (C=O) groups excluding carboxylic acids is 2. The predicted octanol–water partition coefficient (Wildman–Crippen LogP) is 6.29. The van der Waals surface area contributed by atoms with Gasteiger partial charge in [-0.25, -0.2) is 4.39 Å². The molecule has 0 saturated heterocycles. The van der Waals surface area contributed by atoms with Crippen molar-refractivity contribution in [2.45, 2.75) is 65.5 Å². The van der Waals surface area contributed by atoms with Crippen LogP contribution in [0.25, 0.3) is 0 Å². The maximum atomic E-state index is 13.7. The molecule has 0 fully saturated rings. The van der Waals surface area contributed by atoms with Crippen molar-refractivity contribution in [3.05, 3.63) is 107 Å². The van der Waals surface area contributed by atoms with Crippen molar-refractivity contribution in [3.8, 4) is 0 Å².